The number of esters is 1. The minimum atomic E-state index is -1.08. The average Bonchev–Trinajstić information content (AvgIpc) is 2.64. The van der Waals surface area contributed by atoms with Gasteiger partial charge in [0.1, 0.15) is 5.69 Å². The zero-order valence-corrected chi connectivity index (χ0v) is 14.0. The first-order chi connectivity index (χ1) is 12.9. The van der Waals surface area contributed by atoms with Gasteiger partial charge in [-0.25, -0.2) is 9.59 Å². The Bertz CT molecular complexity index is 869. The van der Waals surface area contributed by atoms with Crippen LogP contribution >= 0.6 is 0 Å². The van der Waals surface area contributed by atoms with E-state index in [1.165, 1.54) is 12.1 Å². The van der Waals surface area contributed by atoms with Gasteiger partial charge in [0.05, 0.1) is 10.5 Å². The van der Waals surface area contributed by atoms with Crippen molar-refractivity contribution in [3.05, 3.63) is 69.8 Å². The molecule has 0 aliphatic rings. The molecule has 0 spiro atoms. The Kier molecular flexibility index (Phi) is 6.42. The fraction of sp³-hybridized carbons (Fsp3) is 0.118. The Balaban J connectivity index is 2.07. The number of carbonyl (C=O) groups is 3. The van der Waals surface area contributed by atoms with Gasteiger partial charge in [0.15, 0.2) is 6.61 Å². The van der Waals surface area contributed by atoms with Crippen molar-refractivity contribution in [2.75, 3.05) is 11.9 Å². The Morgan fingerprint density at radius 1 is 1.11 bits per heavy atom. The third-order valence-electron chi connectivity index (χ3n) is 3.35. The van der Waals surface area contributed by atoms with Gasteiger partial charge in [0.2, 0.25) is 0 Å². The molecule has 27 heavy (non-hydrogen) atoms. The molecule has 0 aliphatic carbocycles. The van der Waals surface area contributed by atoms with E-state index in [-0.39, 0.29) is 16.9 Å². The number of anilines is 1. The van der Waals surface area contributed by atoms with E-state index < -0.39 is 29.4 Å². The fourth-order valence-corrected chi connectivity index (χ4v) is 2.14. The fourth-order valence-electron chi connectivity index (χ4n) is 2.14. The number of hydrogen-bond donors (Lipinski definition) is 3. The maximum Gasteiger partial charge on any atom is 0.338 e. The van der Waals surface area contributed by atoms with Crippen molar-refractivity contribution >= 4 is 29.3 Å². The van der Waals surface area contributed by atoms with Gasteiger partial charge in [-0.2, -0.15) is 0 Å². The molecule has 0 aromatic heterocycles. The van der Waals surface area contributed by atoms with Gasteiger partial charge in [0.25, 0.3) is 11.6 Å². The number of hydrogen-bond acceptors (Lipinski definition) is 7. The second kappa shape index (κ2) is 8.94. The van der Waals surface area contributed by atoms with E-state index in [4.69, 9.17) is 10.5 Å². The summed E-state index contributed by atoms with van der Waals surface area (Å²) in [5.74, 6) is -1.86. The van der Waals surface area contributed by atoms with Crippen molar-refractivity contribution in [3.8, 4) is 0 Å². The highest BCUT2D eigenvalue weighted by atomic mass is 16.6. The van der Waals surface area contributed by atoms with Crippen LogP contribution in [0.5, 0.6) is 0 Å². The van der Waals surface area contributed by atoms with Gasteiger partial charge in [-0.1, -0.05) is 30.3 Å². The molecule has 0 atom stereocenters. The van der Waals surface area contributed by atoms with Crippen molar-refractivity contribution in [1.29, 1.82) is 0 Å². The molecular formula is C17H16N4O6. The lowest BCUT2D eigenvalue weighted by Crippen LogP contribution is -2.37. The maximum absolute atomic E-state index is 11.9. The van der Waals surface area contributed by atoms with E-state index in [2.05, 4.69) is 5.32 Å². The van der Waals surface area contributed by atoms with Gasteiger partial charge >= 0.3 is 12.0 Å². The lowest BCUT2D eigenvalue weighted by atomic mass is 10.1. The van der Waals surface area contributed by atoms with E-state index in [0.717, 1.165) is 11.6 Å². The summed E-state index contributed by atoms with van der Waals surface area (Å²) in [7, 11) is 0. The molecule has 2 rings (SSSR count). The number of ether oxygens (including phenoxy) is 1. The first-order valence-electron chi connectivity index (χ1n) is 7.69. The Hall–Kier alpha value is -3.95. The molecule has 4 N–H and O–H groups in total. The summed E-state index contributed by atoms with van der Waals surface area (Å²) in [6, 6.07) is 11.9. The molecule has 0 unspecified atom stereocenters. The first kappa shape index (κ1) is 19.4. The van der Waals surface area contributed by atoms with Crippen molar-refractivity contribution in [2.45, 2.75) is 6.54 Å². The topological polar surface area (TPSA) is 154 Å². The Labute approximate surface area is 153 Å². The van der Waals surface area contributed by atoms with Crippen LogP contribution in [0.15, 0.2) is 48.5 Å². The van der Waals surface area contributed by atoms with Crippen LogP contribution in [0.2, 0.25) is 0 Å². The van der Waals surface area contributed by atoms with Crippen molar-refractivity contribution in [3.63, 3.8) is 0 Å². The highest BCUT2D eigenvalue weighted by molar-refractivity contribution is 5.96. The summed E-state index contributed by atoms with van der Waals surface area (Å²) in [6.45, 7) is -0.387. The largest absolute Gasteiger partial charge is 0.452 e. The number of nitrogens with two attached hydrogens (primary N) is 1. The van der Waals surface area contributed by atoms with E-state index >= 15 is 0 Å². The predicted octanol–water partition coefficient (Wildman–Crippen LogP) is 1.56. The van der Waals surface area contributed by atoms with E-state index in [9.17, 15) is 24.5 Å². The van der Waals surface area contributed by atoms with Crippen molar-refractivity contribution in [2.24, 2.45) is 5.73 Å². The molecular weight excluding hydrogens is 356 g/mol. The highest BCUT2D eigenvalue weighted by Crippen LogP contribution is 2.26. The minimum Gasteiger partial charge on any atom is -0.452 e. The van der Waals surface area contributed by atoms with Crippen LogP contribution in [-0.2, 0) is 16.1 Å². The van der Waals surface area contributed by atoms with Crippen molar-refractivity contribution in [1.82, 2.24) is 5.32 Å². The standard InChI is InChI=1S/C17H16N4O6/c18-17(24)20-15(22)10-27-16(23)12-6-7-13(14(8-12)21(25)26)19-9-11-4-2-1-3-5-11/h1-8,19H,9-10H2,(H3,18,20,22,24). The first-order valence-corrected chi connectivity index (χ1v) is 7.69. The summed E-state index contributed by atoms with van der Waals surface area (Å²) in [5.41, 5.74) is 5.48. The van der Waals surface area contributed by atoms with Crippen LogP contribution in [0.4, 0.5) is 16.2 Å². The summed E-state index contributed by atoms with van der Waals surface area (Å²) < 4.78 is 4.69. The molecule has 3 amide bonds. The number of nitro benzene ring substituents is 1. The van der Waals surface area contributed by atoms with E-state index in [0.29, 0.717) is 6.54 Å². The summed E-state index contributed by atoms with van der Waals surface area (Å²) in [5, 5.41) is 16.0. The van der Waals surface area contributed by atoms with Gasteiger partial charge < -0.3 is 15.8 Å². The number of rotatable bonds is 7. The molecule has 0 saturated heterocycles. The zero-order valence-electron chi connectivity index (χ0n) is 14.0. The van der Waals surface area contributed by atoms with Crippen LogP contribution in [0.3, 0.4) is 0 Å². The number of imide groups is 1. The van der Waals surface area contributed by atoms with Crippen LogP contribution in [0.25, 0.3) is 0 Å². The molecule has 2 aromatic carbocycles. The Morgan fingerprint density at radius 3 is 2.44 bits per heavy atom. The quantitative estimate of drug-likeness (QED) is 0.378. The summed E-state index contributed by atoms with van der Waals surface area (Å²) in [6.07, 6.45) is 0. The number of benzene rings is 2. The zero-order chi connectivity index (χ0) is 19.8. The molecule has 10 nitrogen and oxygen atoms in total. The Morgan fingerprint density at radius 2 is 1.81 bits per heavy atom. The number of urea groups is 1. The normalized spacial score (nSPS) is 9.93. The summed E-state index contributed by atoms with van der Waals surface area (Å²) >= 11 is 0. The monoisotopic (exact) mass is 372 g/mol. The van der Waals surface area contributed by atoms with Gasteiger partial charge in [-0.05, 0) is 17.7 Å². The third kappa shape index (κ3) is 5.81. The van der Waals surface area contributed by atoms with Crippen LogP contribution in [0.1, 0.15) is 15.9 Å². The number of nitrogens with one attached hydrogen (secondary N) is 2. The molecule has 0 saturated carbocycles. The highest BCUT2D eigenvalue weighted by Gasteiger charge is 2.19. The van der Waals surface area contributed by atoms with Crippen LogP contribution in [0, 0.1) is 10.1 Å². The molecule has 0 fully saturated rings. The smallest absolute Gasteiger partial charge is 0.338 e. The van der Waals surface area contributed by atoms with Gasteiger partial charge in [-0.15, -0.1) is 0 Å². The lowest BCUT2D eigenvalue weighted by Gasteiger charge is -2.09. The number of primary amides is 1. The van der Waals surface area contributed by atoms with Crippen LogP contribution in [-0.4, -0.2) is 29.4 Å². The molecule has 0 bridgehead atoms. The number of nitro groups is 1. The maximum atomic E-state index is 11.9. The second-order valence-electron chi connectivity index (χ2n) is 5.32. The van der Waals surface area contributed by atoms with Crippen molar-refractivity contribution < 1.29 is 24.0 Å². The average molecular weight is 372 g/mol. The molecule has 0 radical (unpaired) electrons. The molecule has 10 heteroatoms. The third-order valence-corrected chi connectivity index (χ3v) is 3.35. The SMILES string of the molecule is NC(=O)NC(=O)COC(=O)c1ccc(NCc2ccccc2)c([N+](=O)[O-])c1. The minimum absolute atomic E-state index is 0.112. The van der Waals surface area contributed by atoms with E-state index in [1.807, 2.05) is 30.3 Å². The van der Waals surface area contributed by atoms with Gasteiger partial charge in [0, 0.05) is 12.6 Å². The number of carbonyl (C=O) groups excluding carboxylic acids is 3. The molecule has 140 valence electrons. The number of amides is 3. The molecule has 0 aliphatic heterocycles. The lowest BCUT2D eigenvalue weighted by molar-refractivity contribution is -0.384. The van der Waals surface area contributed by atoms with E-state index in [1.54, 1.807) is 5.32 Å². The van der Waals surface area contributed by atoms with Crippen LogP contribution < -0.4 is 16.4 Å². The summed E-state index contributed by atoms with van der Waals surface area (Å²) in [4.78, 5) is 44.3. The number of nitrogens with zero attached hydrogens (tertiary/aromatic N) is 1. The predicted molar refractivity (Wildman–Crippen MR) is 94.9 cm³/mol. The van der Waals surface area contributed by atoms with Gasteiger partial charge in [-0.3, -0.25) is 20.2 Å². The second-order valence-corrected chi connectivity index (χ2v) is 5.32. The molecule has 0 heterocycles. The molecule has 2 aromatic rings.